The molecule has 2 rings (SSSR count). The fourth-order valence-corrected chi connectivity index (χ4v) is 2.34. The fraction of sp³-hybridized carbons (Fsp3) is 0.235. The van der Waals surface area contributed by atoms with Gasteiger partial charge < -0.3 is 9.64 Å². The standard InChI is InChI=1S/C17H18ClNO2/c1-19(12-15-7-3-4-9-16(15)21-2)17(20)14-8-5-6-13(10-14)11-18/h3-10H,11-12H2,1-2H3. The second-order valence-corrected chi connectivity index (χ2v) is 5.07. The van der Waals surface area contributed by atoms with E-state index >= 15 is 0 Å². The Morgan fingerprint density at radius 3 is 2.67 bits per heavy atom. The quantitative estimate of drug-likeness (QED) is 0.788. The summed E-state index contributed by atoms with van der Waals surface area (Å²) in [5.41, 5.74) is 2.56. The number of carbonyl (C=O) groups excluding carboxylic acids is 1. The first kappa shape index (κ1) is 15.4. The SMILES string of the molecule is COc1ccccc1CN(C)C(=O)c1cccc(CCl)c1. The third kappa shape index (κ3) is 3.76. The molecule has 0 aliphatic carbocycles. The van der Waals surface area contributed by atoms with Gasteiger partial charge in [0.2, 0.25) is 0 Å². The normalized spacial score (nSPS) is 10.2. The van der Waals surface area contributed by atoms with E-state index in [4.69, 9.17) is 16.3 Å². The molecule has 0 aliphatic rings. The van der Waals surface area contributed by atoms with Crippen molar-refractivity contribution in [1.82, 2.24) is 4.90 Å². The molecule has 2 aromatic carbocycles. The van der Waals surface area contributed by atoms with Crippen LogP contribution in [0.15, 0.2) is 48.5 Å². The van der Waals surface area contributed by atoms with Crippen LogP contribution in [0.4, 0.5) is 0 Å². The van der Waals surface area contributed by atoms with E-state index in [-0.39, 0.29) is 5.91 Å². The molecule has 0 atom stereocenters. The number of nitrogens with zero attached hydrogens (tertiary/aromatic N) is 1. The number of benzene rings is 2. The highest BCUT2D eigenvalue weighted by Gasteiger charge is 2.14. The molecule has 0 saturated heterocycles. The number of rotatable bonds is 5. The van der Waals surface area contributed by atoms with Crippen molar-refractivity contribution in [2.75, 3.05) is 14.2 Å². The van der Waals surface area contributed by atoms with E-state index in [0.717, 1.165) is 16.9 Å². The smallest absolute Gasteiger partial charge is 0.253 e. The molecule has 0 bridgehead atoms. The minimum absolute atomic E-state index is 0.0344. The lowest BCUT2D eigenvalue weighted by Gasteiger charge is -2.19. The molecule has 0 spiro atoms. The van der Waals surface area contributed by atoms with Gasteiger partial charge in [0.1, 0.15) is 5.75 Å². The molecule has 4 heteroatoms. The van der Waals surface area contributed by atoms with Crippen LogP contribution < -0.4 is 4.74 Å². The van der Waals surface area contributed by atoms with Gasteiger partial charge in [-0.25, -0.2) is 0 Å². The first-order chi connectivity index (χ1) is 10.2. The van der Waals surface area contributed by atoms with Crippen LogP contribution in [0.25, 0.3) is 0 Å². The number of para-hydroxylation sites is 1. The van der Waals surface area contributed by atoms with E-state index in [0.29, 0.717) is 18.0 Å². The third-order valence-corrected chi connectivity index (χ3v) is 3.58. The summed E-state index contributed by atoms with van der Waals surface area (Å²) in [6.45, 7) is 0.494. The van der Waals surface area contributed by atoms with Crippen LogP contribution >= 0.6 is 11.6 Å². The van der Waals surface area contributed by atoms with Gasteiger partial charge in [-0.05, 0) is 23.8 Å². The van der Waals surface area contributed by atoms with E-state index in [9.17, 15) is 4.79 Å². The Morgan fingerprint density at radius 1 is 1.19 bits per heavy atom. The zero-order valence-electron chi connectivity index (χ0n) is 12.2. The molecule has 0 radical (unpaired) electrons. The van der Waals surface area contributed by atoms with E-state index in [1.807, 2.05) is 42.5 Å². The summed E-state index contributed by atoms with van der Waals surface area (Å²) in [5.74, 6) is 1.15. The molecule has 3 nitrogen and oxygen atoms in total. The van der Waals surface area contributed by atoms with Crippen LogP contribution in [0.5, 0.6) is 5.75 Å². The monoisotopic (exact) mass is 303 g/mol. The number of halogens is 1. The second kappa shape index (κ2) is 7.14. The molecule has 2 aromatic rings. The molecule has 0 N–H and O–H groups in total. The summed E-state index contributed by atoms with van der Waals surface area (Å²) in [5, 5.41) is 0. The zero-order valence-corrected chi connectivity index (χ0v) is 12.9. The zero-order chi connectivity index (χ0) is 15.2. The van der Waals surface area contributed by atoms with Gasteiger partial charge in [0.15, 0.2) is 0 Å². The summed E-state index contributed by atoms with van der Waals surface area (Å²) in [7, 11) is 3.41. The molecular formula is C17H18ClNO2. The van der Waals surface area contributed by atoms with Gasteiger partial charge in [-0.3, -0.25) is 4.79 Å². The summed E-state index contributed by atoms with van der Waals surface area (Å²) >= 11 is 5.81. The van der Waals surface area contributed by atoms with E-state index in [1.54, 1.807) is 25.1 Å². The van der Waals surface area contributed by atoms with Gasteiger partial charge in [0.25, 0.3) is 5.91 Å². The summed E-state index contributed by atoms with van der Waals surface area (Å²) in [6, 6.07) is 15.1. The highest BCUT2D eigenvalue weighted by atomic mass is 35.5. The lowest BCUT2D eigenvalue weighted by molar-refractivity contribution is 0.0784. The predicted octanol–water partition coefficient (Wildman–Crippen LogP) is 3.71. The van der Waals surface area contributed by atoms with Crippen LogP contribution in [0, 0.1) is 0 Å². The van der Waals surface area contributed by atoms with Crippen molar-refractivity contribution in [3.8, 4) is 5.75 Å². The van der Waals surface area contributed by atoms with Crippen LogP contribution in [0.2, 0.25) is 0 Å². The topological polar surface area (TPSA) is 29.5 Å². The van der Waals surface area contributed by atoms with Crippen molar-refractivity contribution >= 4 is 17.5 Å². The average molecular weight is 304 g/mol. The van der Waals surface area contributed by atoms with Crippen molar-refractivity contribution < 1.29 is 9.53 Å². The summed E-state index contributed by atoms with van der Waals surface area (Å²) < 4.78 is 5.31. The lowest BCUT2D eigenvalue weighted by atomic mass is 10.1. The largest absolute Gasteiger partial charge is 0.496 e. The lowest BCUT2D eigenvalue weighted by Crippen LogP contribution is -2.26. The van der Waals surface area contributed by atoms with Gasteiger partial charge >= 0.3 is 0 Å². The second-order valence-electron chi connectivity index (χ2n) is 4.81. The Balaban J connectivity index is 2.15. The van der Waals surface area contributed by atoms with E-state index < -0.39 is 0 Å². The molecule has 1 amide bonds. The van der Waals surface area contributed by atoms with Crippen LogP contribution in [0.1, 0.15) is 21.5 Å². The van der Waals surface area contributed by atoms with Gasteiger partial charge in [-0.2, -0.15) is 0 Å². The van der Waals surface area contributed by atoms with E-state index in [2.05, 4.69) is 0 Å². The Kier molecular flexibility index (Phi) is 5.23. The Morgan fingerprint density at radius 2 is 1.95 bits per heavy atom. The highest BCUT2D eigenvalue weighted by molar-refractivity contribution is 6.17. The Bertz CT molecular complexity index is 628. The van der Waals surface area contributed by atoms with Crippen molar-refractivity contribution in [2.45, 2.75) is 12.4 Å². The van der Waals surface area contributed by atoms with Crippen LogP contribution in [0.3, 0.4) is 0 Å². The van der Waals surface area contributed by atoms with E-state index in [1.165, 1.54) is 0 Å². The predicted molar refractivity (Wildman–Crippen MR) is 84.8 cm³/mol. The van der Waals surface area contributed by atoms with Crippen molar-refractivity contribution in [2.24, 2.45) is 0 Å². The van der Waals surface area contributed by atoms with Gasteiger partial charge in [-0.1, -0.05) is 30.3 Å². The minimum atomic E-state index is -0.0344. The molecule has 0 saturated carbocycles. The number of ether oxygens (including phenoxy) is 1. The first-order valence-electron chi connectivity index (χ1n) is 6.68. The first-order valence-corrected chi connectivity index (χ1v) is 7.21. The van der Waals surface area contributed by atoms with Gasteiger partial charge in [0, 0.05) is 30.6 Å². The number of hydrogen-bond donors (Lipinski definition) is 0. The van der Waals surface area contributed by atoms with Crippen molar-refractivity contribution in [3.05, 3.63) is 65.2 Å². The van der Waals surface area contributed by atoms with Crippen LogP contribution in [-0.4, -0.2) is 25.0 Å². The number of hydrogen-bond acceptors (Lipinski definition) is 2. The fourth-order valence-electron chi connectivity index (χ4n) is 2.17. The molecule has 0 fully saturated rings. The van der Waals surface area contributed by atoms with Crippen molar-refractivity contribution in [1.29, 1.82) is 0 Å². The molecule has 0 aromatic heterocycles. The number of amides is 1. The maximum Gasteiger partial charge on any atom is 0.253 e. The Labute approximate surface area is 130 Å². The molecule has 21 heavy (non-hydrogen) atoms. The molecule has 0 aliphatic heterocycles. The molecular weight excluding hydrogens is 286 g/mol. The third-order valence-electron chi connectivity index (χ3n) is 3.27. The Hall–Kier alpha value is -2.00. The van der Waals surface area contributed by atoms with Crippen LogP contribution in [-0.2, 0) is 12.4 Å². The molecule has 0 heterocycles. The number of methoxy groups -OCH3 is 1. The summed E-state index contributed by atoms with van der Waals surface area (Å²) in [6.07, 6.45) is 0. The van der Waals surface area contributed by atoms with Crippen molar-refractivity contribution in [3.63, 3.8) is 0 Å². The number of alkyl halides is 1. The highest BCUT2D eigenvalue weighted by Crippen LogP contribution is 2.20. The average Bonchev–Trinajstić information content (AvgIpc) is 2.54. The summed E-state index contributed by atoms with van der Waals surface area (Å²) in [4.78, 5) is 14.1. The van der Waals surface area contributed by atoms with Gasteiger partial charge in [-0.15, -0.1) is 11.6 Å². The minimum Gasteiger partial charge on any atom is -0.496 e. The van der Waals surface area contributed by atoms with Gasteiger partial charge in [0.05, 0.1) is 7.11 Å². The maximum atomic E-state index is 12.5. The molecule has 0 unspecified atom stereocenters. The number of carbonyl (C=O) groups is 1. The molecule has 110 valence electrons. The maximum absolute atomic E-state index is 12.5.